The van der Waals surface area contributed by atoms with Gasteiger partial charge < -0.3 is 19.4 Å². The van der Waals surface area contributed by atoms with Crippen molar-refractivity contribution in [3.8, 4) is 0 Å². The van der Waals surface area contributed by atoms with Crippen molar-refractivity contribution in [2.75, 3.05) is 30.0 Å². The van der Waals surface area contributed by atoms with Crippen LogP contribution in [0.5, 0.6) is 0 Å². The summed E-state index contributed by atoms with van der Waals surface area (Å²) in [4.78, 5) is 6.86. The van der Waals surface area contributed by atoms with Gasteiger partial charge in [0.25, 0.3) is 6.01 Å². The van der Waals surface area contributed by atoms with Crippen molar-refractivity contribution in [3.05, 3.63) is 48.0 Å². The maximum atomic E-state index is 5.74. The summed E-state index contributed by atoms with van der Waals surface area (Å²) in [5.41, 5.74) is 5.01. The largest absolute Gasteiger partial charge is 0.423 e. The Morgan fingerprint density at radius 3 is 2.79 bits per heavy atom. The summed E-state index contributed by atoms with van der Waals surface area (Å²) in [6.45, 7) is 6.73. The number of nitrogens with zero attached hydrogens (tertiary/aromatic N) is 2. The zero-order valence-corrected chi connectivity index (χ0v) is 14.0. The monoisotopic (exact) mass is 323 g/mol. The lowest BCUT2D eigenvalue weighted by atomic mass is 10.2. The number of fused-ring (bicyclic) bond motifs is 1. The lowest BCUT2D eigenvalue weighted by Crippen LogP contribution is -2.43. The average Bonchev–Trinajstić information content (AvgIpc) is 2.97. The standard InChI is InChI=1S/C19H21N3O2/c1-13-3-8-18-17(11-13)21-19(24-18)20-15-4-6-16(7-5-15)22-9-10-23-12-14(22)2/h3-8,11,14H,9-10,12H2,1-2H3,(H,20,21). The molecule has 5 heteroatoms. The SMILES string of the molecule is Cc1ccc2oc(Nc3ccc(N4CCOCC4C)cc3)nc2c1. The highest BCUT2D eigenvalue weighted by Gasteiger charge is 2.18. The molecule has 1 atom stereocenters. The van der Waals surface area contributed by atoms with Crippen molar-refractivity contribution in [2.24, 2.45) is 0 Å². The number of hydrogen-bond donors (Lipinski definition) is 1. The molecule has 1 unspecified atom stereocenters. The normalized spacial score (nSPS) is 18.1. The molecule has 3 aromatic rings. The number of rotatable bonds is 3. The van der Waals surface area contributed by atoms with Gasteiger partial charge in [0.1, 0.15) is 5.52 Å². The minimum absolute atomic E-state index is 0.401. The lowest BCUT2D eigenvalue weighted by Gasteiger charge is -2.35. The van der Waals surface area contributed by atoms with Crippen LogP contribution in [0.15, 0.2) is 46.9 Å². The second kappa shape index (κ2) is 6.17. The number of ether oxygens (including phenoxy) is 1. The molecular formula is C19H21N3O2. The first kappa shape index (κ1) is 15.0. The van der Waals surface area contributed by atoms with Gasteiger partial charge in [0.15, 0.2) is 5.58 Å². The second-order valence-electron chi connectivity index (χ2n) is 6.28. The van der Waals surface area contributed by atoms with E-state index in [4.69, 9.17) is 9.15 Å². The van der Waals surface area contributed by atoms with Crippen molar-refractivity contribution in [1.82, 2.24) is 4.98 Å². The Kier molecular flexibility index (Phi) is 3.86. The molecule has 2 heterocycles. The fourth-order valence-corrected chi connectivity index (χ4v) is 3.06. The highest BCUT2D eigenvalue weighted by Crippen LogP contribution is 2.25. The second-order valence-corrected chi connectivity index (χ2v) is 6.28. The van der Waals surface area contributed by atoms with E-state index in [0.29, 0.717) is 12.1 Å². The third kappa shape index (κ3) is 2.95. The smallest absolute Gasteiger partial charge is 0.300 e. The number of nitrogens with one attached hydrogen (secondary N) is 1. The first-order chi connectivity index (χ1) is 11.7. The summed E-state index contributed by atoms with van der Waals surface area (Å²) in [6, 6.07) is 15.3. The van der Waals surface area contributed by atoms with Crippen molar-refractivity contribution in [3.63, 3.8) is 0 Å². The van der Waals surface area contributed by atoms with Gasteiger partial charge in [-0.05, 0) is 55.8 Å². The summed E-state index contributed by atoms with van der Waals surface area (Å²) >= 11 is 0. The molecule has 1 aromatic heterocycles. The van der Waals surface area contributed by atoms with Gasteiger partial charge in [-0.3, -0.25) is 0 Å². The first-order valence-corrected chi connectivity index (χ1v) is 8.28. The Labute approximate surface area is 141 Å². The summed E-state index contributed by atoms with van der Waals surface area (Å²) in [7, 11) is 0. The zero-order valence-electron chi connectivity index (χ0n) is 14.0. The van der Waals surface area contributed by atoms with E-state index >= 15 is 0 Å². The summed E-state index contributed by atoms with van der Waals surface area (Å²) < 4.78 is 11.2. The molecule has 1 aliphatic heterocycles. The van der Waals surface area contributed by atoms with Crippen LogP contribution in [0.3, 0.4) is 0 Å². The molecule has 0 saturated carbocycles. The molecule has 1 aliphatic rings. The Morgan fingerprint density at radius 2 is 2.00 bits per heavy atom. The molecule has 0 amide bonds. The first-order valence-electron chi connectivity index (χ1n) is 8.28. The zero-order chi connectivity index (χ0) is 16.5. The van der Waals surface area contributed by atoms with Crippen molar-refractivity contribution >= 4 is 28.5 Å². The van der Waals surface area contributed by atoms with Crippen LogP contribution in [0.2, 0.25) is 0 Å². The molecule has 2 aromatic carbocycles. The van der Waals surface area contributed by atoms with E-state index in [-0.39, 0.29) is 0 Å². The number of morpholine rings is 1. The molecule has 1 saturated heterocycles. The molecule has 4 rings (SSSR count). The summed E-state index contributed by atoms with van der Waals surface area (Å²) in [5.74, 6) is 0. The number of aryl methyl sites for hydroxylation is 1. The fourth-order valence-electron chi connectivity index (χ4n) is 3.06. The third-order valence-electron chi connectivity index (χ3n) is 4.36. The van der Waals surface area contributed by atoms with Gasteiger partial charge >= 0.3 is 0 Å². The molecule has 0 radical (unpaired) electrons. The minimum Gasteiger partial charge on any atom is -0.423 e. The molecule has 0 aliphatic carbocycles. The van der Waals surface area contributed by atoms with Crippen molar-refractivity contribution in [2.45, 2.75) is 19.9 Å². The molecular weight excluding hydrogens is 302 g/mol. The number of oxazole rings is 1. The van der Waals surface area contributed by atoms with Gasteiger partial charge in [-0.25, -0.2) is 0 Å². The predicted molar refractivity (Wildman–Crippen MR) is 96.1 cm³/mol. The number of anilines is 3. The van der Waals surface area contributed by atoms with E-state index in [0.717, 1.165) is 36.5 Å². The number of benzene rings is 2. The van der Waals surface area contributed by atoms with Crippen LogP contribution >= 0.6 is 0 Å². The highest BCUT2D eigenvalue weighted by atomic mass is 16.5. The Balaban J connectivity index is 1.51. The van der Waals surface area contributed by atoms with Gasteiger partial charge in [0.05, 0.1) is 13.2 Å². The van der Waals surface area contributed by atoms with Gasteiger partial charge in [0, 0.05) is 24.0 Å². The average molecular weight is 323 g/mol. The van der Waals surface area contributed by atoms with Crippen LogP contribution in [-0.4, -0.2) is 30.8 Å². The van der Waals surface area contributed by atoms with Crippen LogP contribution in [0.4, 0.5) is 17.4 Å². The Hall–Kier alpha value is -2.53. The topological polar surface area (TPSA) is 50.5 Å². The van der Waals surface area contributed by atoms with Crippen LogP contribution in [0.1, 0.15) is 12.5 Å². The molecule has 0 bridgehead atoms. The van der Waals surface area contributed by atoms with Gasteiger partial charge in [-0.15, -0.1) is 0 Å². The highest BCUT2D eigenvalue weighted by molar-refractivity contribution is 5.76. The van der Waals surface area contributed by atoms with Crippen molar-refractivity contribution < 1.29 is 9.15 Å². The summed E-state index contributed by atoms with van der Waals surface area (Å²) in [5, 5.41) is 3.23. The molecule has 1 fully saturated rings. The predicted octanol–water partition coefficient (Wildman–Crippen LogP) is 4.10. The van der Waals surface area contributed by atoms with E-state index in [1.165, 1.54) is 11.3 Å². The molecule has 24 heavy (non-hydrogen) atoms. The van der Waals surface area contributed by atoms with E-state index in [1.807, 2.05) is 25.1 Å². The third-order valence-corrected chi connectivity index (χ3v) is 4.36. The fraction of sp³-hybridized carbons (Fsp3) is 0.316. The number of hydrogen-bond acceptors (Lipinski definition) is 5. The van der Waals surface area contributed by atoms with Gasteiger partial charge in [-0.1, -0.05) is 6.07 Å². The van der Waals surface area contributed by atoms with Crippen LogP contribution in [0, 0.1) is 6.92 Å². The quantitative estimate of drug-likeness (QED) is 0.786. The maximum absolute atomic E-state index is 5.74. The molecule has 5 nitrogen and oxygen atoms in total. The lowest BCUT2D eigenvalue weighted by molar-refractivity contribution is 0.0989. The molecule has 0 spiro atoms. The van der Waals surface area contributed by atoms with Gasteiger partial charge in [0.2, 0.25) is 0 Å². The van der Waals surface area contributed by atoms with E-state index in [9.17, 15) is 0 Å². The maximum Gasteiger partial charge on any atom is 0.300 e. The summed E-state index contributed by atoms with van der Waals surface area (Å²) in [6.07, 6.45) is 0. The van der Waals surface area contributed by atoms with E-state index in [1.54, 1.807) is 0 Å². The Morgan fingerprint density at radius 1 is 1.17 bits per heavy atom. The minimum atomic E-state index is 0.401. The van der Waals surface area contributed by atoms with E-state index in [2.05, 4.69) is 46.4 Å². The van der Waals surface area contributed by atoms with Crippen LogP contribution in [-0.2, 0) is 4.74 Å². The van der Waals surface area contributed by atoms with Crippen molar-refractivity contribution in [1.29, 1.82) is 0 Å². The molecule has 124 valence electrons. The van der Waals surface area contributed by atoms with Crippen LogP contribution in [0.25, 0.3) is 11.1 Å². The van der Waals surface area contributed by atoms with E-state index < -0.39 is 0 Å². The Bertz CT molecular complexity index is 841. The van der Waals surface area contributed by atoms with Gasteiger partial charge in [-0.2, -0.15) is 4.98 Å². The molecule has 1 N–H and O–H groups in total. The number of aromatic nitrogens is 1. The van der Waals surface area contributed by atoms with Crippen LogP contribution < -0.4 is 10.2 Å².